The van der Waals surface area contributed by atoms with E-state index < -0.39 is 0 Å². The molecule has 6 rings (SSSR count). The number of carbonyl (C=O) groups excluding carboxylic acids is 1. The van der Waals surface area contributed by atoms with E-state index in [1.807, 2.05) is 43.1 Å². The van der Waals surface area contributed by atoms with E-state index in [4.69, 9.17) is 56.1 Å². The molecule has 0 radical (unpaired) electrons. The van der Waals surface area contributed by atoms with Crippen molar-refractivity contribution in [1.82, 2.24) is 15.2 Å². The van der Waals surface area contributed by atoms with E-state index in [-0.39, 0.29) is 18.0 Å². The number of fused-ring (bicyclic) bond motifs is 2. The van der Waals surface area contributed by atoms with Crippen LogP contribution in [0.5, 0.6) is 5.75 Å². The number of thiazole rings is 1. The number of hydrogen-bond acceptors (Lipinski definition) is 5. The van der Waals surface area contributed by atoms with Crippen LogP contribution >= 0.6 is 57.7 Å². The summed E-state index contributed by atoms with van der Waals surface area (Å²) in [6, 6.07) is 8.20. The average Bonchev–Trinajstić information content (AvgIpc) is 3.58. The highest BCUT2D eigenvalue weighted by molar-refractivity contribution is 7.12. The number of ether oxygens (including phenoxy) is 1. The SMILES string of the molecule is Cc1cc(Cl)c(OCCCc2ncc(C3=C(C(=O)N(Cc4cccc(Cl)c4Cl)C4CC4)[C@H]4CC[C@@H](C3)N4)s2)c(Cl)c1C. The molecule has 0 spiro atoms. The van der Waals surface area contributed by atoms with Crippen LogP contribution in [-0.2, 0) is 17.8 Å². The monoisotopic (exact) mass is 663 g/mol. The number of aromatic nitrogens is 1. The number of rotatable bonds is 10. The maximum Gasteiger partial charge on any atom is 0.252 e. The second kappa shape index (κ2) is 12.7. The van der Waals surface area contributed by atoms with Gasteiger partial charge in [-0.25, -0.2) is 4.98 Å². The molecule has 2 atom stereocenters. The molecule has 10 heteroatoms. The molecule has 1 saturated carbocycles. The van der Waals surface area contributed by atoms with E-state index in [0.717, 1.165) is 82.7 Å². The summed E-state index contributed by atoms with van der Waals surface area (Å²) in [5.41, 5.74) is 4.94. The van der Waals surface area contributed by atoms with Crippen molar-refractivity contribution in [2.24, 2.45) is 0 Å². The third-order valence-electron chi connectivity index (χ3n) is 8.53. The highest BCUT2D eigenvalue weighted by atomic mass is 35.5. The molecule has 5 nitrogen and oxygen atoms in total. The Morgan fingerprint density at radius 3 is 2.69 bits per heavy atom. The van der Waals surface area contributed by atoms with E-state index in [1.165, 1.54) is 0 Å². The fourth-order valence-electron chi connectivity index (χ4n) is 5.95. The standard InChI is InChI=1S/C32H33Cl4N3O2S/c1-17-13-24(34)31(29(35)18(17)2)41-12-4-7-27-37-15-26(42-27)22-14-20-8-11-25(38-20)28(22)32(40)39(21-9-10-21)16-19-5-3-6-23(33)30(19)36/h3,5-6,13,15,20-21,25,38H,4,7-12,14,16H2,1-2H3/t20-,25+/m0/s1. The molecule has 1 N–H and O–H groups in total. The first-order valence-electron chi connectivity index (χ1n) is 14.5. The summed E-state index contributed by atoms with van der Waals surface area (Å²) < 4.78 is 5.98. The van der Waals surface area contributed by atoms with Gasteiger partial charge in [0, 0.05) is 42.9 Å². The zero-order valence-corrected chi connectivity index (χ0v) is 27.5. The van der Waals surface area contributed by atoms with Crippen molar-refractivity contribution in [1.29, 1.82) is 0 Å². The molecule has 1 aromatic heterocycles. The van der Waals surface area contributed by atoms with Crippen LogP contribution in [0.4, 0.5) is 0 Å². The molecule has 1 saturated heterocycles. The predicted octanol–water partition coefficient (Wildman–Crippen LogP) is 8.85. The first kappa shape index (κ1) is 30.2. The van der Waals surface area contributed by atoms with Crippen LogP contribution < -0.4 is 10.1 Å². The molecular formula is C32H33Cl4N3O2S. The Balaban J connectivity index is 1.19. The van der Waals surface area contributed by atoms with Crippen LogP contribution in [0, 0.1) is 13.8 Å². The maximum atomic E-state index is 14.3. The molecule has 0 unspecified atom stereocenters. The van der Waals surface area contributed by atoms with Gasteiger partial charge in [-0.3, -0.25) is 4.79 Å². The Hall–Kier alpha value is -1.80. The second-order valence-corrected chi connectivity index (χ2v) is 14.2. The fraction of sp³-hybridized carbons (Fsp3) is 0.438. The Kier molecular flexibility index (Phi) is 9.12. The van der Waals surface area contributed by atoms with E-state index >= 15 is 0 Å². The lowest BCUT2D eigenvalue weighted by Crippen LogP contribution is -2.44. The molecule has 2 aromatic carbocycles. The number of hydrogen-bond donors (Lipinski definition) is 1. The molecule has 42 heavy (non-hydrogen) atoms. The molecule has 2 fully saturated rings. The smallest absolute Gasteiger partial charge is 0.252 e. The average molecular weight is 666 g/mol. The zero-order valence-electron chi connectivity index (χ0n) is 23.6. The van der Waals surface area contributed by atoms with E-state index in [1.54, 1.807) is 17.4 Å². The Bertz CT molecular complexity index is 1550. The summed E-state index contributed by atoms with van der Waals surface area (Å²) >= 11 is 27.4. The minimum Gasteiger partial charge on any atom is -0.490 e. The molecule has 3 heterocycles. The molecular weight excluding hydrogens is 632 g/mol. The Labute approximate surface area is 271 Å². The second-order valence-electron chi connectivity index (χ2n) is 11.5. The summed E-state index contributed by atoms with van der Waals surface area (Å²) in [6.45, 7) is 4.89. The normalized spacial score (nSPS) is 19.9. The summed E-state index contributed by atoms with van der Waals surface area (Å²) in [7, 11) is 0. The van der Waals surface area contributed by atoms with Crippen LogP contribution in [0.1, 0.15) is 65.1 Å². The third-order valence-corrected chi connectivity index (χ3v) is 11.2. The number of amides is 1. The van der Waals surface area contributed by atoms with Crippen molar-refractivity contribution in [3.63, 3.8) is 0 Å². The Morgan fingerprint density at radius 2 is 1.90 bits per heavy atom. The van der Waals surface area contributed by atoms with Crippen LogP contribution in [0.25, 0.3) is 5.57 Å². The first-order chi connectivity index (χ1) is 20.2. The topological polar surface area (TPSA) is 54.5 Å². The minimum atomic E-state index is 0.0637. The summed E-state index contributed by atoms with van der Waals surface area (Å²) in [5, 5.41) is 6.85. The van der Waals surface area contributed by atoms with Gasteiger partial charge in [0.05, 0.1) is 36.6 Å². The number of halogens is 4. The van der Waals surface area contributed by atoms with E-state index in [2.05, 4.69) is 5.32 Å². The fourth-order valence-corrected chi connectivity index (χ4v) is 8.03. The number of nitrogens with one attached hydrogen (secondary N) is 1. The van der Waals surface area contributed by atoms with Crippen molar-refractivity contribution in [2.45, 2.75) is 83.5 Å². The van der Waals surface area contributed by atoms with Gasteiger partial charge in [-0.2, -0.15) is 0 Å². The Morgan fingerprint density at radius 1 is 1.10 bits per heavy atom. The molecule has 3 aliphatic rings. The van der Waals surface area contributed by atoms with Gasteiger partial charge < -0.3 is 15.0 Å². The molecule has 2 aliphatic heterocycles. The van der Waals surface area contributed by atoms with Crippen molar-refractivity contribution in [2.75, 3.05) is 6.61 Å². The molecule has 1 amide bonds. The molecule has 2 bridgehead atoms. The van der Waals surface area contributed by atoms with Crippen molar-refractivity contribution in [3.05, 3.63) is 82.7 Å². The largest absolute Gasteiger partial charge is 0.490 e. The maximum absolute atomic E-state index is 14.3. The highest BCUT2D eigenvalue weighted by Gasteiger charge is 2.42. The minimum absolute atomic E-state index is 0.0637. The van der Waals surface area contributed by atoms with Crippen molar-refractivity contribution in [3.8, 4) is 5.75 Å². The van der Waals surface area contributed by atoms with Crippen LogP contribution in [0.2, 0.25) is 20.1 Å². The van der Waals surface area contributed by atoms with Gasteiger partial charge in [0.2, 0.25) is 0 Å². The molecule has 222 valence electrons. The van der Waals surface area contributed by atoms with Crippen LogP contribution in [-0.4, -0.2) is 40.5 Å². The lowest BCUT2D eigenvalue weighted by Gasteiger charge is -2.31. The van der Waals surface area contributed by atoms with Crippen LogP contribution in [0.3, 0.4) is 0 Å². The van der Waals surface area contributed by atoms with Gasteiger partial charge in [0.25, 0.3) is 5.91 Å². The zero-order chi connectivity index (χ0) is 29.5. The number of benzene rings is 2. The number of aryl methyl sites for hydroxylation is 2. The highest BCUT2D eigenvalue weighted by Crippen LogP contribution is 2.42. The van der Waals surface area contributed by atoms with Gasteiger partial charge in [-0.15, -0.1) is 11.3 Å². The van der Waals surface area contributed by atoms with Gasteiger partial charge in [-0.05, 0) is 86.8 Å². The molecule has 3 aromatic rings. The van der Waals surface area contributed by atoms with Crippen molar-refractivity contribution >= 4 is 69.2 Å². The van der Waals surface area contributed by atoms with Crippen molar-refractivity contribution < 1.29 is 9.53 Å². The lowest BCUT2D eigenvalue weighted by molar-refractivity contribution is -0.128. The molecule has 1 aliphatic carbocycles. The van der Waals surface area contributed by atoms with Gasteiger partial charge >= 0.3 is 0 Å². The van der Waals surface area contributed by atoms with Gasteiger partial charge in [0.1, 0.15) is 0 Å². The lowest BCUT2D eigenvalue weighted by atomic mass is 9.93. The van der Waals surface area contributed by atoms with E-state index in [0.29, 0.717) is 45.0 Å². The van der Waals surface area contributed by atoms with Gasteiger partial charge in [-0.1, -0.05) is 58.5 Å². The first-order valence-corrected chi connectivity index (χ1v) is 16.8. The van der Waals surface area contributed by atoms with Crippen LogP contribution in [0.15, 0.2) is 36.0 Å². The number of carbonyl (C=O) groups is 1. The predicted molar refractivity (Wildman–Crippen MR) is 173 cm³/mol. The van der Waals surface area contributed by atoms with Gasteiger partial charge in [0.15, 0.2) is 5.75 Å². The quantitative estimate of drug-likeness (QED) is 0.220. The van der Waals surface area contributed by atoms with E-state index in [9.17, 15) is 4.79 Å². The summed E-state index contributed by atoms with van der Waals surface area (Å²) in [6.07, 6.45) is 8.40. The summed E-state index contributed by atoms with van der Waals surface area (Å²) in [4.78, 5) is 22.1. The third kappa shape index (κ3) is 6.22. The number of nitrogens with zero attached hydrogens (tertiary/aromatic N) is 2. The summed E-state index contributed by atoms with van der Waals surface area (Å²) in [5.74, 6) is 0.644.